The van der Waals surface area contributed by atoms with E-state index in [9.17, 15) is 0 Å². The molecule has 23 heavy (non-hydrogen) atoms. The zero-order valence-electron chi connectivity index (χ0n) is 15.0. The first-order valence-electron chi connectivity index (χ1n) is 8.90. The highest BCUT2D eigenvalue weighted by atomic mass is 16.3. The molecule has 0 aromatic rings. The van der Waals surface area contributed by atoms with Crippen LogP contribution in [0.2, 0.25) is 0 Å². The Kier molecular flexibility index (Phi) is 17.2. The second kappa shape index (κ2) is 18.4. The Hall–Kier alpha value is -1.60. The first kappa shape index (κ1) is 21.4. The van der Waals surface area contributed by atoms with Gasteiger partial charge in [0.1, 0.15) is 0 Å². The van der Waals surface area contributed by atoms with Gasteiger partial charge < -0.3 is 5.11 Å². The summed E-state index contributed by atoms with van der Waals surface area (Å²) >= 11 is 0. The van der Waals surface area contributed by atoms with Crippen LogP contribution in [0.3, 0.4) is 0 Å². The SMILES string of the molecule is CC/C=C/C/C=C/C/C=C/C/C=C/CC/C=C/C=C(\CC)CO. The minimum Gasteiger partial charge on any atom is -0.392 e. The molecule has 0 aromatic heterocycles. The molecule has 0 atom stereocenters. The van der Waals surface area contributed by atoms with Crippen LogP contribution in [-0.2, 0) is 0 Å². The smallest absolute Gasteiger partial charge is 0.0644 e. The van der Waals surface area contributed by atoms with E-state index in [0.717, 1.165) is 50.5 Å². The van der Waals surface area contributed by atoms with Crippen LogP contribution in [-0.4, -0.2) is 11.7 Å². The fourth-order valence-corrected chi connectivity index (χ4v) is 1.87. The number of allylic oxidation sites excluding steroid dienone is 11. The van der Waals surface area contributed by atoms with Crippen LogP contribution < -0.4 is 0 Å². The molecule has 0 heterocycles. The molecular weight excluding hydrogens is 280 g/mol. The van der Waals surface area contributed by atoms with Crippen LogP contribution >= 0.6 is 0 Å². The number of unbranched alkanes of at least 4 members (excludes halogenated alkanes) is 1. The standard InChI is InChI=1S/C22H34O/c1-3-5-6-7-8-9-10-11-12-13-14-15-16-17-18-19-20-22(4-2)21-23/h5-6,8-9,11-12,14-15,18-20,23H,3-4,7,10,13,16-17,21H2,1-2H3/b6-5+,9-8+,12-11+,15-14+,19-18+,22-20+. The van der Waals surface area contributed by atoms with Crippen molar-refractivity contribution in [3.8, 4) is 0 Å². The number of aliphatic hydroxyl groups is 1. The van der Waals surface area contributed by atoms with E-state index >= 15 is 0 Å². The highest BCUT2D eigenvalue weighted by molar-refractivity contribution is 5.12. The average Bonchev–Trinajstić information content (AvgIpc) is 2.58. The summed E-state index contributed by atoms with van der Waals surface area (Å²) in [5, 5.41) is 9.02. The molecule has 1 heteroatoms. The summed E-state index contributed by atoms with van der Waals surface area (Å²) < 4.78 is 0. The molecule has 1 N–H and O–H groups in total. The van der Waals surface area contributed by atoms with Crippen molar-refractivity contribution in [2.45, 2.75) is 58.8 Å². The van der Waals surface area contributed by atoms with Crippen molar-refractivity contribution >= 4 is 0 Å². The van der Waals surface area contributed by atoms with Crippen molar-refractivity contribution in [1.82, 2.24) is 0 Å². The van der Waals surface area contributed by atoms with E-state index in [2.05, 4.69) is 68.5 Å². The zero-order valence-corrected chi connectivity index (χ0v) is 15.0. The molecule has 0 aliphatic heterocycles. The van der Waals surface area contributed by atoms with Gasteiger partial charge >= 0.3 is 0 Å². The monoisotopic (exact) mass is 314 g/mol. The van der Waals surface area contributed by atoms with E-state index in [1.165, 1.54) is 0 Å². The van der Waals surface area contributed by atoms with Gasteiger partial charge in [0.2, 0.25) is 0 Å². The van der Waals surface area contributed by atoms with E-state index < -0.39 is 0 Å². The third-order valence-corrected chi connectivity index (χ3v) is 3.34. The van der Waals surface area contributed by atoms with E-state index in [0.29, 0.717) is 0 Å². The maximum atomic E-state index is 9.02. The van der Waals surface area contributed by atoms with Crippen LogP contribution in [0, 0.1) is 0 Å². The molecule has 0 aliphatic rings. The highest BCUT2D eigenvalue weighted by Crippen LogP contribution is 2.01. The number of hydrogen-bond acceptors (Lipinski definition) is 1. The van der Waals surface area contributed by atoms with Gasteiger partial charge in [0.15, 0.2) is 0 Å². The van der Waals surface area contributed by atoms with Crippen LogP contribution in [0.5, 0.6) is 0 Å². The van der Waals surface area contributed by atoms with Crippen molar-refractivity contribution in [3.05, 3.63) is 72.4 Å². The summed E-state index contributed by atoms with van der Waals surface area (Å²) in [7, 11) is 0. The van der Waals surface area contributed by atoms with Crippen LogP contribution in [0.4, 0.5) is 0 Å². The topological polar surface area (TPSA) is 20.2 Å². The number of rotatable bonds is 13. The molecule has 0 rings (SSSR count). The van der Waals surface area contributed by atoms with Gasteiger partial charge in [-0.2, -0.15) is 0 Å². The first-order valence-corrected chi connectivity index (χ1v) is 8.90. The quantitative estimate of drug-likeness (QED) is 0.235. The van der Waals surface area contributed by atoms with E-state index in [1.54, 1.807) is 0 Å². The van der Waals surface area contributed by atoms with Gasteiger partial charge in [-0.05, 0) is 50.5 Å². The molecular formula is C22H34O. The molecule has 128 valence electrons. The molecule has 0 saturated heterocycles. The van der Waals surface area contributed by atoms with Crippen molar-refractivity contribution in [2.75, 3.05) is 6.61 Å². The predicted molar refractivity (Wildman–Crippen MR) is 105 cm³/mol. The lowest BCUT2D eigenvalue weighted by Crippen LogP contribution is -1.86. The summed E-state index contributed by atoms with van der Waals surface area (Å²) in [6, 6.07) is 0. The molecule has 0 bridgehead atoms. The van der Waals surface area contributed by atoms with Gasteiger partial charge in [-0.3, -0.25) is 0 Å². The lowest BCUT2D eigenvalue weighted by Gasteiger charge is -1.94. The Morgan fingerprint density at radius 3 is 1.74 bits per heavy atom. The van der Waals surface area contributed by atoms with Gasteiger partial charge in [-0.1, -0.05) is 80.7 Å². The normalized spacial score (nSPS) is 13.8. The van der Waals surface area contributed by atoms with Gasteiger partial charge in [-0.15, -0.1) is 0 Å². The lowest BCUT2D eigenvalue weighted by atomic mass is 10.2. The molecule has 0 fully saturated rings. The molecule has 1 nitrogen and oxygen atoms in total. The van der Waals surface area contributed by atoms with Crippen molar-refractivity contribution in [2.24, 2.45) is 0 Å². The molecule has 0 aliphatic carbocycles. The summed E-state index contributed by atoms with van der Waals surface area (Å²) in [5.41, 5.74) is 1.08. The minimum atomic E-state index is 0.164. The fourth-order valence-electron chi connectivity index (χ4n) is 1.87. The van der Waals surface area contributed by atoms with E-state index in [1.807, 2.05) is 12.2 Å². The molecule has 0 unspecified atom stereocenters. The first-order chi connectivity index (χ1) is 11.3. The van der Waals surface area contributed by atoms with Crippen molar-refractivity contribution in [1.29, 1.82) is 0 Å². The molecule has 0 saturated carbocycles. The molecule has 0 spiro atoms. The maximum absolute atomic E-state index is 9.02. The Bertz CT molecular complexity index is 413. The zero-order chi connectivity index (χ0) is 17.0. The van der Waals surface area contributed by atoms with Gasteiger partial charge in [0.25, 0.3) is 0 Å². The maximum Gasteiger partial charge on any atom is 0.0644 e. The van der Waals surface area contributed by atoms with Crippen LogP contribution in [0.25, 0.3) is 0 Å². The third kappa shape index (κ3) is 16.6. The van der Waals surface area contributed by atoms with Crippen LogP contribution in [0.15, 0.2) is 72.4 Å². The Labute approximate surface area is 143 Å². The van der Waals surface area contributed by atoms with Gasteiger partial charge in [0, 0.05) is 0 Å². The number of hydrogen-bond donors (Lipinski definition) is 1. The van der Waals surface area contributed by atoms with E-state index in [-0.39, 0.29) is 6.61 Å². The Morgan fingerprint density at radius 1 is 0.696 bits per heavy atom. The molecule has 0 aromatic carbocycles. The summed E-state index contributed by atoms with van der Waals surface area (Å²) in [5.74, 6) is 0. The largest absolute Gasteiger partial charge is 0.392 e. The Balaban J connectivity index is 3.60. The minimum absolute atomic E-state index is 0.164. The van der Waals surface area contributed by atoms with Crippen molar-refractivity contribution in [3.63, 3.8) is 0 Å². The third-order valence-electron chi connectivity index (χ3n) is 3.34. The average molecular weight is 315 g/mol. The summed E-state index contributed by atoms with van der Waals surface area (Å²) in [4.78, 5) is 0. The van der Waals surface area contributed by atoms with Gasteiger partial charge in [-0.25, -0.2) is 0 Å². The second-order valence-corrected chi connectivity index (χ2v) is 5.34. The van der Waals surface area contributed by atoms with E-state index in [4.69, 9.17) is 5.11 Å². The lowest BCUT2D eigenvalue weighted by molar-refractivity contribution is 0.327. The van der Waals surface area contributed by atoms with Crippen molar-refractivity contribution < 1.29 is 5.11 Å². The predicted octanol–water partition coefficient (Wildman–Crippen LogP) is 6.46. The summed E-state index contributed by atoms with van der Waals surface area (Å²) in [6.45, 7) is 4.38. The number of aliphatic hydroxyl groups excluding tert-OH is 1. The Morgan fingerprint density at radius 2 is 1.22 bits per heavy atom. The second-order valence-electron chi connectivity index (χ2n) is 5.34. The highest BCUT2D eigenvalue weighted by Gasteiger charge is 1.86. The molecule has 0 radical (unpaired) electrons. The van der Waals surface area contributed by atoms with Gasteiger partial charge in [0.05, 0.1) is 6.61 Å². The summed E-state index contributed by atoms with van der Waals surface area (Å²) in [6.07, 6.45) is 31.2. The molecule has 0 amide bonds. The fraction of sp³-hybridized carbons (Fsp3) is 0.455. The van der Waals surface area contributed by atoms with Crippen LogP contribution in [0.1, 0.15) is 58.8 Å².